The van der Waals surface area contributed by atoms with Crippen molar-refractivity contribution in [3.63, 3.8) is 0 Å². The second kappa shape index (κ2) is 8.45. The number of carbonyl (C=O) groups is 2. The Labute approximate surface area is 174 Å². The molecule has 1 heterocycles. The summed E-state index contributed by atoms with van der Waals surface area (Å²) in [5.41, 5.74) is 3.12. The zero-order valence-corrected chi connectivity index (χ0v) is 16.5. The van der Waals surface area contributed by atoms with Crippen molar-refractivity contribution in [2.45, 2.75) is 25.3 Å². The SMILES string of the molecule is C[C@H](NC(=O)c1ccc(F)cc1)c1ccc(NC(=O)[C@H]2C[C@@H]2c2cccnc2)cc1. The number of amides is 2. The minimum absolute atomic E-state index is 0.00858. The lowest BCUT2D eigenvalue weighted by molar-refractivity contribution is -0.117. The molecule has 0 radical (unpaired) electrons. The van der Waals surface area contributed by atoms with Gasteiger partial charge in [-0.2, -0.15) is 0 Å². The van der Waals surface area contributed by atoms with Gasteiger partial charge in [-0.1, -0.05) is 18.2 Å². The topological polar surface area (TPSA) is 71.1 Å². The largest absolute Gasteiger partial charge is 0.346 e. The standard InChI is InChI=1S/C24H22FN3O2/c1-15(27-23(29)17-4-8-19(25)9-5-17)16-6-10-20(11-7-16)28-24(30)22-13-21(22)18-3-2-12-26-14-18/h2-12,14-15,21-22H,13H2,1H3,(H,27,29)(H,28,30)/t15-,21+,22-/m0/s1. The van der Waals surface area contributed by atoms with E-state index in [2.05, 4.69) is 15.6 Å². The third-order valence-electron chi connectivity index (χ3n) is 5.37. The van der Waals surface area contributed by atoms with Gasteiger partial charge in [-0.25, -0.2) is 4.39 Å². The lowest BCUT2D eigenvalue weighted by Crippen LogP contribution is -2.26. The molecule has 0 bridgehead atoms. The van der Waals surface area contributed by atoms with Gasteiger partial charge in [0.1, 0.15) is 5.82 Å². The number of hydrogen-bond donors (Lipinski definition) is 2. The van der Waals surface area contributed by atoms with Crippen molar-refractivity contribution >= 4 is 17.5 Å². The highest BCUT2D eigenvalue weighted by Crippen LogP contribution is 2.47. The molecule has 4 rings (SSSR count). The highest BCUT2D eigenvalue weighted by Gasteiger charge is 2.44. The summed E-state index contributed by atoms with van der Waals surface area (Å²) in [4.78, 5) is 28.9. The van der Waals surface area contributed by atoms with E-state index in [0.717, 1.165) is 23.2 Å². The van der Waals surface area contributed by atoms with Gasteiger partial charge in [0, 0.05) is 29.6 Å². The number of nitrogens with zero attached hydrogens (tertiary/aromatic N) is 1. The van der Waals surface area contributed by atoms with Crippen LogP contribution in [0, 0.1) is 11.7 Å². The summed E-state index contributed by atoms with van der Waals surface area (Å²) in [5, 5.41) is 5.85. The van der Waals surface area contributed by atoms with Gasteiger partial charge < -0.3 is 10.6 Å². The molecule has 152 valence electrons. The Kier molecular flexibility index (Phi) is 5.57. The minimum atomic E-state index is -0.379. The number of rotatable bonds is 6. The molecule has 5 nitrogen and oxygen atoms in total. The number of nitrogens with one attached hydrogen (secondary N) is 2. The van der Waals surface area contributed by atoms with E-state index >= 15 is 0 Å². The monoisotopic (exact) mass is 403 g/mol. The summed E-state index contributed by atoms with van der Waals surface area (Å²) in [6, 6.07) is 16.5. The molecule has 1 aliphatic rings. The molecular weight excluding hydrogens is 381 g/mol. The van der Waals surface area contributed by atoms with Crippen LogP contribution in [0.1, 0.15) is 46.8 Å². The number of halogens is 1. The Balaban J connectivity index is 1.32. The maximum absolute atomic E-state index is 13.0. The Bertz CT molecular complexity index is 1040. The van der Waals surface area contributed by atoms with Gasteiger partial charge in [-0.05, 0) is 72.9 Å². The summed E-state index contributed by atoms with van der Waals surface area (Å²) >= 11 is 0. The van der Waals surface area contributed by atoms with E-state index in [1.807, 2.05) is 49.5 Å². The van der Waals surface area contributed by atoms with Gasteiger partial charge in [0.15, 0.2) is 0 Å². The van der Waals surface area contributed by atoms with E-state index in [1.165, 1.54) is 24.3 Å². The smallest absolute Gasteiger partial charge is 0.251 e. The van der Waals surface area contributed by atoms with Gasteiger partial charge in [0.05, 0.1) is 6.04 Å². The lowest BCUT2D eigenvalue weighted by atomic mass is 10.1. The third kappa shape index (κ3) is 4.54. The number of benzene rings is 2. The number of aromatic nitrogens is 1. The van der Waals surface area contributed by atoms with E-state index in [9.17, 15) is 14.0 Å². The molecule has 30 heavy (non-hydrogen) atoms. The first-order valence-electron chi connectivity index (χ1n) is 9.88. The van der Waals surface area contributed by atoms with Crippen LogP contribution >= 0.6 is 0 Å². The number of hydrogen-bond acceptors (Lipinski definition) is 3. The summed E-state index contributed by atoms with van der Waals surface area (Å²) in [7, 11) is 0. The normalized spacial score (nSPS) is 18.3. The van der Waals surface area contributed by atoms with Crippen molar-refractivity contribution in [3.8, 4) is 0 Å². The molecule has 1 saturated carbocycles. The van der Waals surface area contributed by atoms with Crippen molar-refractivity contribution in [3.05, 3.63) is 95.6 Å². The highest BCUT2D eigenvalue weighted by atomic mass is 19.1. The minimum Gasteiger partial charge on any atom is -0.346 e. The summed E-state index contributed by atoms with van der Waals surface area (Å²) in [6.45, 7) is 1.87. The average molecular weight is 403 g/mol. The first-order valence-corrected chi connectivity index (χ1v) is 9.88. The average Bonchev–Trinajstić information content (AvgIpc) is 3.56. The maximum Gasteiger partial charge on any atom is 0.251 e. The Morgan fingerprint density at radius 1 is 1.07 bits per heavy atom. The summed E-state index contributed by atoms with van der Waals surface area (Å²) < 4.78 is 13.0. The fourth-order valence-corrected chi connectivity index (χ4v) is 3.50. The second-order valence-corrected chi connectivity index (χ2v) is 7.55. The van der Waals surface area contributed by atoms with Crippen LogP contribution in [-0.4, -0.2) is 16.8 Å². The van der Waals surface area contributed by atoms with Crippen LogP contribution < -0.4 is 10.6 Å². The molecule has 3 aromatic rings. The number of carbonyl (C=O) groups excluding carboxylic acids is 2. The van der Waals surface area contributed by atoms with E-state index in [0.29, 0.717) is 5.56 Å². The Morgan fingerprint density at radius 2 is 1.80 bits per heavy atom. The molecular formula is C24H22FN3O2. The zero-order chi connectivity index (χ0) is 21.1. The van der Waals surface area contributed by atoms with Gasteiger partial charge in [0.25, 0.3) is 5.91 Å². The quantitative estimate of drug-likeness (QED) is 0.639. The van der Waals surface area contributed by atoms with Crippen molar-refractivity contribution in [1.29, 1.82) is 0 Å². The molecule has 1 aliphatic carbocycles. The molecule has 0 aliphatic heterocycles. The molecule has 0 unspecified atom stereocenters. The molecule has 0 spiro atoms. The first-order chi connectivity index (χ1) is 14.5. The lowest BCUT2D eigenvalue weighted by Gasteiger charge is -2.15. The van der Waals surface area contributed by atoms with Gasteiger partial charge in [-0.3, -0.25) is 14.6 Å². The predicted octanol–water partition coefficient (Wildman–Crippen LogP) is 4.45. The van der Waals surface area contributed by atoms with E-state index < -0.39 is 0 Å². The molecule has 2 amide bonds. The van der Waals surface area contributed by atoms with Crippen molar-refractivity contribution in [1.82, 2.24) is 10.3 Å². The van der Waals surface area contributed by atoms with Crippen LogP contribution in [0.25, 0.3) is 0 Å². The zero-order valence-electron chi connectivity index (χ0n) is 16.5. The highest BCUT2D eigenvalue weighted by molar-refractivity contribution is 5.95. The summed E-state index contributed by atoms with van der Waals surface area (Å²) in [6.07, 6.45) is 4.38. The van der Waals surface area contributed by atoms with E-state index in [4.69, 9.17) is 0 Å². The molecule has 2 aromatic carbocycles. The molecule has 0 saturated heterocycles. The van der Waals surface area contributed by atoms with Crippen LogP contribution in [0.15, 0.2) is 73.1 Å². The number of pyridine rings is 1. The van der Waals surface area contributed by atoms with Crippen LogP contribution in [0.3, 0.4) is 0 Å². The van der Waals surface area contributed by atoms with Crippen molar-refractivity contribution in [2.75, 3.05) is 5.32 Å². The molecule has 2 N–H and O–H groups in total. The summed E-state index contributed by atoms with van der Waals surface area (Å²) in [5.74, 6) is -0.429. The second-order valence-electron chi connectivity index (χ2n) is 7.55. The van der Waals surface area contributed by atoms with Gasteiger partial charge in [-0.15, -0.1) is 0 Å². The van der Waals surface area contributed by atoms with Gasteiger partial charge >= 0.3 is 0 Å². The van der Waals surface area contributed by atoms with Crippen LogP contribution in [0.4, 0.5) is 10.1 Å². The molecule has 3 atom stereocenters. The fourth-order valence-electron chi connectivity index (χ4n) is 3.50. The van der Waals surface area contributed by atoms with Crippen LogP contribution in [0.5, 0.6) is 0 Å². The Morgan fingerprint density at radius 3 is 2.47 bits per heavy atom. The van der Waals surface area contributed by atoms with Crippen LogP contribution in [-0.2, 0) is 4.79 Å². The van der Waals surface area contributed by atoms with Crippen molar-refractivity contribution in [2.24, 2.45) is 5.92 Å². The Hall–Kier alpha value is -3.54. The fraction of sp³-hybridized carbons (Fsp3) is 0.208. The number of anilines is 1. The van der Waals surface area contributed by atoms with Gasteiger partial charge in [0.2, 0.25) is 5.91 Å². The van der Waals surface area contributed by atoms with Crippen LogP contribution in [0.2, 0.25) is 0 Å². The first kappa shape index (κ1) is 19.8. The third-order valence-corrected chi connectivity index (χ3v) is 5.37. The maximum atomic E-state index is 13.0. The molecule has 1 fully saturated rings. The molecule has 1 aromatic heterocycles. The predicted molar refractivity (Wildman–Crippen MR) is 112 cm³/mol. The molecule has 6 heteroatoms. The van der Waals surface area contributed by atoms with E-state index in [1.54, 1.807) is 6.20 Å². The van der Waals surface area contributed by atoms with Crippen molar-refractivity contribution < 1.29 is 14.0 Å². The van der Waals surface area contributed by atoms with E-state index in [-0.39, 0.29) is 35.5 Å².